The highest BCUT2D eigenvalue weighted by Crippen LogP contribution is 2.21. The van der Waals surface area contributed by atoms with Crippen molar-refractivity contribution >= 4 is 27.7 Å². The molecule has 0 aliphatic carbocycles. The van der Waals surface area contributed by atoms with E-state index in [1.807, 2.05) is 13.0 Å². The van der Waals surface area contributed by atoms with Gasteiger partial charge < -0.3 is 4.74 Å². The highest BCUT2D eigenvalue weighted by Gasteiger charge is 2.19. The summed E-state index contributed by atoms with van der Waals surface area (Å²) in [6.07, 6.45) is 0. The molecule has 0 N–H and O–H groups in total. The van der Waals surface area contributed by atoms with Crippen molar-refractivity contribution in [3.05, 3.63) is 33.3 Å². The minimum atomic E-state index is -0.839. The topological polar surface area (TPSA) is 43.4 Å². The van der Waals surface area contributed by atoms with Gasteiger partial charge in [0.25, 0.3) is 5.78 Å². The van der Waals surface area contributed by atoms with Crippen molar-refractivity contribution in [3.63, 3.8) is 0 Å². The highest BCUT2D eigenvalue weighted by molar-refractivity contribution is 9.10. The molecule has 0 radical (unpaired) electrons. The number of carbonyl (C=O) groups is 2. The third-order valence-electron chi connectivity index (χ3n) is 2.12. The van der Waals surface area contributed by atoms with Gasteiger partial charge in [0.1, 0.15) is 0 Å². The van der Waals surface area contributed by atoms with Crippen molar-refractivity contribution in [2.24, 2.45) is 0 Å². The number of hydrogen-bond donors (Lipinski definition) is 0. The van der Waals surface area contributed by atoms with Gasteiger partial charge in [-0.1, -0.05) is 22.0 Å². The predicted molar refractivity (Wildman–Crippen MR) is 60.0 cm³/mol. The summed E-state index contributed by atoms with van der Waals surface area (Å²) in [6, 6.07) is 3.49. The van der Waals surface area contributed by atoms with Crippen molar-refractivity contribution in [1.29, 1.82) is 0 Å². The molecule has 0 amide bonds. The number of Topliss-reactive ketones (excluding diaryl/α,β-unsaturated/α-hetero) is 1. The van der Waals surface area contributed by atoms with E-state index >= 15 is 0 Å². The Balaban J connectivity index is 3.21. The molecule has 1 aromatic carbocycles. The van der Waals surface area contributed by atoms with Crippen LogP contribution in [0.25, 0.3) is 0 Å². The maximum Gasteiger partial charge on any atom is 0.379 e. The molecule has 0 aromatic heterocycles. The van der Waals surface area contributed by atoms with Gasteiger partial charge in [-0.2, -0.15) is 0 Å². The van der Waals surface area contributed by atoms with E-state index in [0.717, 1.165) is 15.6 Å². The molecule has 1 rings (SSSR count). The number of halogens is 1. The van der Waals surface area contributed by atoms with Crippen molar-refractivity contribution in [2.75, 3.05) is 7.11 Å². The first-order valence-corrected chi connectivity index (χ1v) is 5.16. The lowest BCUT2D eigenvalue weighted by molar-refractivity contribution is -0.135. The molecule has 0 heterocycles. The van der Waals surface area contributed by atoms with Gasteiger partial charge in [-0.3, -0.25) is 4.79 Å². The quantitative estimate of drug-likeness (QED) is 0.471. The Hall–Kier alpha value is -1.16. The average molecular weight is 271 g/mol. The summed E-state index contributed by atoms with van der Waals surface area (Å²) in [5.74, 6) is -1.45. The summed E-state index contributed by atoms with van der Waals surface area (Å²) >= 11 is 3.32. The summed E-state index contributed by atoms with van der Waals surface area (Å²) in [4.78, 5) is 22.6. The summed E-state index contributed by atoms with van der Waals surface area (Å²) in [7, 11) is 1.19. The Morgan fingerprint density at radius 1 is 1.20 bits per heavy atom. The second kappa shape index (κ2) is 4.57. The first kappa shape index (κ1) is 11.9. The van der Waals surface area contributed by atoms with E-state index < -0.39 is 11.8 Å². The van der Waals surface area contributed by atoms with Crippen molar-refractivity contribution < 1.29 is 14.3 Å². The van der Waals surface area contributed by atoms with Crippen LogP contribution in [0.4, 0.5) is 0 Å². The van der Waals surface area contributed by atoms with Crippen LogP contribution < -0.4 is 0 Å². The molecule has 0 atom stereocenters. The first-order chi connectivity index (χ1) is 6.97. The molecule has 0 fully saturated rings. The van der Waals surface area contributed by atoms with E-state index in [2.05, 4.69) is 20.7 Å². The Kier molecular flexibility index (Phi) is 3.63. The summed E-state index contributed by atoms with van der Waals surface area (Å²) in [5.41, 5.74) is 2.17. The van der Waals surface area contributed by atoms with Crippen LogP contribution in [-0.2, 0) is 9.53 Å². The minimum absolute atomic E-state index is 0.374. The van der Waals surface area contributed by atoms with E-state index in [1.165, 1.54) is 7.11 Å². The predicted octanol–water partition coefficient (Wildman–Crippen LogP) is 2.42. The van der Waals surface area contributed by atoms with E-state index in [-0.39, 0.29) is 0 Å². The number of methoxy groups -OCH3 is 1. The molecule has 15 heavy (non-hydrogen) atoms. The van der Waals surface area contributed by atoms with Crippen LogP contribution >= 0.6 is 15.9 Å². The molecular weight excluding hydrogens is 260 g/mol. The zero-order chi connectivity index (χ0) is 11.6. The maximum absolute atomic E-state index is 11.6. The average Bonchev–Trinajstić information content (AvgIpc) is 2.21. The van der Waals surface area contributed by atoms with Gasteiger partial charge in [0.2, 0.25) is 0 Å². The Labute approximate surface area is 96.6 Å². The lowest BCUT2D eigenvalue weighted by Crippen LogP contribution is -2.17. The summed E-state index contributed by atoms with van der Waals surface area (Å²) in [6.45, 7) is 3.71. The lowest BCUT2D eigenvalue weighted by atomic mass is 10.0. The molecular formula is C11H11BrO3. The Morgan fingerprint density at radius 3 is 2.33 bits per heavy atom. The zero-order valence-electron chi connectivity index (χ0n) is 8.76. The van der Waals surface area contributed by atoms with E-state index in [1.54, 1.807) is 13.0 Å². The normalized spacial score (nSPS) is 9.87. The second-order valence-electron chi connectivity index (χ2n) is 3.24. The Bertz CT molecular complexity index is 424. The second-order valence-corrected chi connectivity index (χ2v) is 4.09. The smallest absolute Gasteiger partial charge is 0.379 e. The van der Waals surface area contributed by atoms with Gasteiger partial charge in [-0.25, -0.2) is 4.79 Å². The number of rotatable bonds is 2. The molecule has 0 aliphatic rings. The van der Waals surface area contributed by atoms with Gasteiger partial charge in [0, 0.05) is 10.0 Å². The molecule has 0 aliphatic heterocycles. The van der Waals surface area contributed by atoms with Crippen LogP contribution in [0.1, 0.15) is 21.5 Å². The van der Waals surface area contributed by atoms with Gasteiger partial charge in [0.05, 0.1) is 7.11 Å². The third-order valence-corrected chi connectivity index (χ3v) is 2.98. The molecule has 80 valence electrons. The number of aryl methyl sites for hydroxylation is 2. The zero-order valence-corrected chi connectivity index (χ0v) is 10.3. The number of ketones is 1. The highest BCUT2D eigenvalue weighted by atomic mass is 79.9. The minimum Gasteiger partial charge on any atom is -0.463 e. The van der Waals surface area contributed by atoms with Gasteiger partial charge in [-0.15, -0.1) is 0 Å². The van der Waals surface area contributed by atoms with Crippen LogP contribution in [0.15, 0.2) is 16.6 Å². The maximum atomic E-state index is 11.6. The number of esters is 1. The van der Waals surface area contributed by atoms with E-state index in [0.29, 0.717) is 5.56 Å². The van der Waals surface area contributed by atoms with E-state index in [4.69, 9.17) is 0 Å². The summed E-state index contributed by atoms with van der Waals surface area (Å²) in [5, 5.41) is 0. The standard InChI is InChI=1S/C11H11BrO3/c1-6-4-7(2)9(12)5-8(6)10(13)11(14)15-3/h4-5H,1-3H3. The van der Waals surface area contributed by atoms with Crippen molar-refractivity contribution in [2.45, 2.75) is 13.8 Å². The molecule has 0 saturated heterocycles. The monoisotopic (exact) mass is 270 g/mol. The fraction of sp³-hybridized carbons (Fsp3) is 0.273. The number of benzene rings is 1. The SMILES string of the molecule is COC(=O)C(=O)c1cc(Br)c(C)cc1C. The first-order valence-electron chi connectivity index (χ1n) is 4.36. The number of hydrogen-bond acceptors (Lipinski definition) is 3. The fourth-order valence-electron chi connectivity index (χ4n) is 1.27. The lowest BCUT2D eigenvalue weighted by Gasteiger charge is -2.06. The van der Waals surface area contributed by atoms with Crippen LogP contribution in [0.3, 0.4) is 0 Å². The van der Waals surface area contributed by atoms with Crippen molar-refractivity contribution in [3.8, 4) is 0 Å². The molecule has 0 saturated carbocycles. The van der Waals surface area contributed by atoms with Gasteiger partial charge >= 0.3 is 5.97 Å². The van der Waals surface area contributed by atoms with Crippen molar-refractivity contribution in [1.82, 2.24) is 0 Å². The molecule has 1 aromatic rings. The largest absolute Gasteiger partial charge is 0.463 e. The van der Waals surface area contributed by atoms with Gasteiger partial charge in [0.15, 0.2) is 0 Å². The van der Waals surface area contributed by atoms with Crippen LogP contribution in [0.2, 0.25) is 0 Å². The van der Waals surface area contributed by atoms with Crippen LogP contribution in [0, 0.1) is 13.8 Å². The molecule has 0 spiro atoms. The third kappa shape index (κ3) is 2.45. The summed E-state index contributed by atoms with van der Waals surface area (Å²) < 4.78 is 5.19. The van der Waals surface area contributed by atoms with Gasteiger partial charge in [-0.05, 0) is 31.0 Å². The molecule has 3 nitrogen and oxygen atoms in total. The van der Waals surface area contributed by atoms with Crippen LogP contribution in [0.5, 0.6) is 0 Å². The van der Waals surface area contributed by atoms with Crippen LogP contribution in [-0.4, -0.2) is 18.9 Å². The fourth-order valence-corrected chi connectivity index (χ4v) is 1.62. The molecule has 0 bridgehead atoms. The Morgan fingerprint density at radius 2 is 1.80 bits per heavy atom. The molecule has 0 unspecified atom stereocenters. The molecule has 4 heteroatoms. The number of ether oxygens (including phenoxy) is 1. The number of carbonyl (C=O) groups excluding carboxylic acids is 2. The van der Waals surface area contributed by atoms with E-state index in [9.17, 15) is 9.59 Å².